The van der Waals surface area contributed by atoms with Gasteiger partial charge in [-0.25, -0.2) is 14.2 Å². The summed E-state index contributed by atoms with van der Waals surface area (Å²) < 4.78 is 56.7. The fourth-order valence-corrected chi connectivity index (χ4v) is 10.7. The molecule has 2 atom stereocenters. The van der Waals surface area contributed by atoms with Crippen molar-refractivity contribution in [3.05, 3.63) is 47.6 Å². The Hall–Kier alpha value is -3.93. The van der Waals surface area contributed by atoms with E-state index in [1.165, 1.54) is 30.1 Å². The van der Waals surface area contributed by atoms with Crippen molar-refractivity contribution in [2.24, 2.45) is 5.41 Å². The van der Waals surface area contributed by atoms with E-state index in [-0.39, 0.29) is 58.8 Å². The van der Waals surface area contributed by atoms with Crippen LogP contribution in [-0.4, -0.2) is 148 Å². The monoisotopic (exact) mass is 797 g/mol. The first kappa shape index (κ1) is 40.3. The maximum Gasteiger partial charge on any atom is 0.410 e. The highest BCUT2D eigenvalue weighted by molar-refractivity contribution is 7.86. The van der Waals surface area contributed by atoms with Crippen LogP contribution in [0.2, 0.25) is 0 Å². The Morgan fingerprint density at radius 2 is 1.75 bits per heavy atom. The lowest BCUT2D eigenvalue weighted by Gasteiger charge is -2.54. The van der Waals surface area contributed by atoms with Crippen LogP contribution in [0.5, 0.6) is 11.6 Å². The second-order valence-corrected chi connectivity index (χ2v) is 19.5. The number of benzene rings is 1. The van der Waals surface area contributed by atoms with Gasteiger partial charge in [0.25, 0.3) is 22.0 Å². The zero-order valence-corrected chi connectivity index (χ0v) is 34.5. The summed E-state index contributed by atoms with van der Waals surface area (Å²) in [6.45, 7) is 18.9. The Labute approximate surface area is 330 Å². The number of ether oxygens (including phenoxy) is 2. The molecule has 6 heterocycles. The average Bonchev–Trinajstić information content (AvgIpc) is 3.74. The lowest BCUT2D eigenvalue weighted by molar-refractivity contribution is 0.0170. The number of anilines is 1. The summed E-state index contributed by atoms with van der Waals surface area (Å²) >= 11 is 0. The van der Waals surface area contributed by atoms with E-state index in [1.54, 1.807) is 18.4 Å². The molecule has 1 aromatic carbocycles. The molecule has 5 aliphatic heterocycles. The average molecular weight is 798 g/mol. The van der Waals surface area contributed by atoms with E-state index in [9.17, 15) is 22.4 Å². The molecule has 0 radical (unpaired) electrons. The van der Waals surface area contributed by atoms with Crippen LogP contribution in [0, 0.1) is 11.2 Å². The molecule has 0 aliphatic carbocycles. The van der Waals surface area contributed by atoms with Crippen LogP contribution in [-0.2, 0) is 14.9 Å². The topological polar surface area (TPSA) is 145 Å². The molecule has 4 saturated heterocycles. The van der Waals surface area contributed by atoms with Crippen molar-refractivity contribution in [1.82, 2.24) is 38.5 Å². The summed E-state index contributed by atoms with van der Waals surface area (Å²) in [6, 6.07) is 3.35. The molecule has 15 nitrogen and oxygen atoms in total. The Morgan fingerprint density at radius 1 is 1.04 bits per heavy atom. The van der Waals surface area contributed by atoms with Gasteiger partial charge in [0.2, 0.25) is 0 Å². The Kier molecular flexibility index (Phi) is 11.1. The number of amides is 2. The number of hydrogen-bond acceptors (Lipinski definition) is 11. The predicted molar refractivity (Wildman–Crippen MR) is 208 cm³/mol. The number of hydrogen-bond donors (Lipinski definition) is 0. The van der Waals surface area contributed by atoms with Gasteiger partial charge >= 0.3 is 6.09 Å². The van der Waals surface area contributed by atoms with Gasteiger partial charge in [-0.3, -0.25) is 9.69 Å². The quantitative estimate of drug-likeness (QED) is 0.313. The number of piperazine rings is 1. The number of carbonyl (C=O) groups is 2. The van der Waals surface area contributed by atoms with E-state index < -0.39 is 21.6 Å². The standard InChI is InChI=1S/C39H56FN9O6S/c1-26(2)49(27(3)4)36(50)32-18-29(40)8-9-33(32)54-35-34(41-25-42-43-35)45-23-39(24-45)12-16-44(17-13-39)20-28-10-14-46(15-11-28)56(52,53)48-22-30-19-31(48)21-47(30)37(51)55-38(5,6)7/h8-10,18,25-27,30-31H,11-17,19-24H2,1-7H3/t30-,31-/m0/s1. The van der Waals surface area contributed by atoms with Crippen molar-refractivity contribution in [3.63, 3.8) is 0 Å². The summed E-state index contributed by atoms with van der Waals surface area (Å²) in [4.78, 5) is 38.7. The molecule has 2 amide bonds. The van der Waals surface area contributed by atoms with Crippen LogP contribution in [0.1, 0.15) is 84.5 Å². The number of halogens is 1. The van der Waals surface area contributed by atoms with Crippen molar-refractivity contribution >= 4 is 28.0 Å². The first-order valence-electron chi connectivity index (χ1n) is 19.8. The summed E-state index contributed by atoms with van der Waals surface area (Å²) in [5.41, 5.74) is 0.913. The molecule has 2 bridgehead atoms. The highest BCUT2D eigenvalue weighted by Gasteiger charge is 2.52. The Balaban J connectivity index is 0.904. The van der Waals surface area contributed by atoms with Crippen molar-refractivity contribution in [2.45, 2.75) is 104 Å². The molecule has 7 rings (SSSR count). The van der Waals surface area contributed by atoms with E-state index in [1.807, 2.05) is 48.5 Å². The zero-order valence-electron chi connectivity index (χ0n) is 33.6. The summed E-state index contributed by atoms with van der Waals surface area (Å²) in [7, 11) is -3.64. The van der Waals surface area contributed by atoms with Crippen LogP contribution in [0.15, 0.2) is 36.2 Å². The normalized spacial score (nSPS) is 23.1. The largest absolute Gasteiger partial charge is 0.444 e. The Morgan fingerprint density at radius 3 is 2.36 bits per heavy atom. The molecule has 5 aliphatic rings. The highest BCUT2D eigenvalue weighted by atomic mass is 32.2. The van der Waals surface area contributed by atoms with Crippen LogP contribution in [0.3, 0.4) is 0 Å². The van der Waals surface area contributed by atoms with Gasteiger partial charge in [0, 0.05) is 69.4 Å². The lowest BCUT2D eigenvalue weighted by Crippen LogP contribution is -2.61. The summed E-state index contributed by atoms with van der Waals surface area (Å²) in [6.07, 6.45) is 6.44. The van der Waals surface area contributed by atoms with Gasteiger partial charge in [-0.2, -0.15) is 17.0 Å². The lowest BCUT2D eigenvalue weighted by atomic mass is 9.72. The molecule has 4 fully saturated rings. The molecule has 0 unspecified atom stereocenters. The van der Waals surface area contributed by atoms with Crippen LogP contribution in [0.4, 0.5) is 15.0 Å². The van der Waals surface area contributed by atoms with Gasteiger partial charge in [0.1, 0.15) is 23.5 Å². The number of rotatable bonds is 10. The minimum absolute atomic E-state index is 0.0948. The molecular weight excluding hydrogens is 742 g/mol. The third kappa shape index (κ3) is 8.23. The van der Waals surface area contributed by atoms with Crippen molar-refractivity contribution in [3.8, 4) is 11.6 Å². The van der Waals surface area contributed by atoms with E-state index in [0.717, 1.165) is 45.6 Å². The SMILES string of the molecule is CC(C)N(C(=O)c1cc(F)ccc1Oc1nncnc1N1CC2(CCN(CC3=CCN(S(=O)(=O)N4C[C@@H]5C[C@H]4CN5C(=O)OC(C)(C)C)CC3)CC2)C1)C(C)C. The number of aromatic nitrogens is 3. The number of fused-ring (bicyclic) bond motifs is 2. The molecule has 1 spiro atoms. The minimum Gasteiger partial charge on any atom is -0.444 e. The Bertz CT molecular complexity index is 1930. The maximum absolute atomic E-state index is 14.4. The number of piperidine rings is 1. The second-order valence-electron chi connectivity index (χ2n) is 17.6. The van der Waals surface area contributed by atoms with E-state index in [4.69, 9.17) is 9.47 Å². The number of likely N-dealkylation sites (tertiary alicyclic amines) is 2. The van der Waals surface area contributed by atoms with E-state index in [2.05, 4.69) is 31.1 Å². The second kappa shape index (κ2) is 15.4. The fourth-order valence-electron chi connectivity index (χ4n) is 8.96. The first-order chi connectivity index (χ1) is 26.4. The van der Waals surface area contributed by atoms with Crippen LogP contribution >= 0.6 is 0 Å². The molecule has 1 aromatic heterocycles. The zero-order chi connectivity index (χ0) is 40.2. The molecule has 2 aromatic rings. The van der Waals surface area contributed by atoms with Crippen molar-refractivity contribution in [2.75, 3.05) is 63.8 Å². The third-order valence-electron chi connectivity index (χ3n) is 11.7. The number of nitrogens with zero attached hydrogens (tertiary/aromatic N) is 9. The van der Waals surface area contributed by atoms with E-state index >= 15 is 0 Å². The highest BCUT2D eigenvalue weighted by Crippen LogP contribution is 2.45. The number of carbonyl (C=O) groups excluding carboxylic acids is 2. The minimum atomic E-state index is -3.64. The van der Waals surface area contributed by atoms with E-state index in [0.29, 0.717) is 44.8 Å². The smallest absolute Gasteiger partial charge is 0.410 e. The van der Waals surface area contributed by atoms with Gasteiger partial charge in [0.05, 0.1) is 11.6 Å². The van der Waals surface area contributed by atoms with Gasteiger partial charge < -0.3 is 24.2 Å². The predicted octanol–water partition coefficient (Wildman–Crippen LogP) is 4.53. The van der Waals surface area contributed by atoms with Crippen molar-refractivity contribution < 1.29 is 31.9 Å². The van der Waals surface area contributed by atoms with Gasteiger partial charge in [-0.05, 0) is 105 Å². The van der Waals surface area contributed by atoms with Gasteiger partial charge in [0.15, 0.2) is 5.82 Å². The summed E-state index contributed by atoms with van der Waals surface area (Å²) in [5, 5.41) is 8.18. The molecule has 17 heteroatoms. The fraction of sp³-hybridized carbons (Fsp3) is 0.667. The van der Waals surface area contributed by atoms with Gasteiger partial charge in [-0.15, -0.1) is 10.2 Å². The molecule has 306 valence electrons. The molecule has 56 heavy (non-hydrogen) atoms. The van der Waals surface area contributed by atoms with Crippen LogP contribution in [0.25, 0.3) is 0 Å². The molecular formula is C39H56FN9O6S. The van der Waals surface area contributed by atoms with Crippen LogP contribution < -0.4 is 9.64 Å². The summed E-state index contributed by atoms with van der Waals surface area (Å²) in [5.74, 6) is 0.0429. The maximum atomic E-state index is 14.4. The molecule has 0 N–H and O–H groups in total. The first-order valence-corrected chi connectivity index (χ1v) is 21.2. The molecule has 0 saturated carbocycles. The third-order valence-corrected chi connectivity index (χ3v) is 13.7. The van der Waals surface area contributed by atoms with Crippen molar-refractivity contribution in [1.29, 1.82) is 0 Å². The van der Waals surface area contributed by atoms with Gasteiger partial charge in [-0.1, -0.05) is 11.6 Å².